The van der Waals surface area contributed by atoms with Crippen molar-refractivity contribution in [2.45, 2.75) is 81.3 Å². The van der Waals surface area contributed by atoms with Crippen LogP contribution in [0.25, 0.3) is 10.2 Å². The molecule has 2 spiro atoms. The first kappa shape index (κ1) is 30.3. The highest BCUT2D eigenvalue weighted by Crippen LogP contribution is 2.78. The van der Waals surface area contributed by atoms with Gasteiger partial charge in [-0.25, -0.2) is 9.37 Å². The van der Waals surface area contributed by atoms with Crippen molar-refractivity contribution < 1.29 is 19.4 Å². The van der Waals surface area contributed by atoms with Crippen molar-refractivity contribution in [2.24, 2.45) is 33.5 Å². The lowest BCUT2D eigenvalue weighted by Crippen LogP contribution is -2.67. The molecule has 8 atom stereocenters. The number of aromatic nitrogens is 1. The van der Waals surface area contributed by atoms with Crippen molar-refractivity contribution in [2.75, 3.05) is 5.75 Å². The molecule has 2 bridgehead atoms. The number of nitrogens with zero attached hydrogens (tertiary/aromatic N) is 1. The fourth-order valence-corrected chi connectivity index (χ4v) is 13.3. The largest absolute Gasteiger partial charge is 0.393 e. The minimum Gasteiger partial charge on any atom is -0.393 e. The third-order valence-corrected chi connectivity index (χ3v) is 15.9. The van der Waals surface area contributed by atoms with Gasteiger partial charge in [0.1, 0.15) is 5.82 Å². The van der Waals surface area contributed by atoms with Crippen molar-refractivity contribution in [1.82, 2.24) is 4.98 Å². The molecule has 2 N–H and O–H groups in total. The number of hydrogen-bond acceptors (Lipinski definition) is 6. The Labute approximate surface area is 277 Å². The summed E-state index contributed by atoms with van der Waals surface area (Å²) < 4.78 is 17.1. The van der Waals surface area contributed by atoms with Crippen molar-refractivity contribution in [3.63, 3.8) is 0 Å². The summed E-state index contributed by atoms with van der Waals surface area (Å²) in [6.45, 7) is 4.63. The average Bonchev–Trinajstić information content (AvgIpc) is 3.56. The van der Waals surface area contributed by atoms with E-state index in [4.69, 9.17) is 16.6 Å². The van der Waals surface area contributed by atoms with E-state index >= 15 is 4.39 Å². The SMILES string of the molecule is CC12CCC(O)CC13C=CC1(C(C(=O)Cc4c(F)cccc4Cl)=C3)C2CCC2(C)C1CCC2(O)CSc1nc2ccccc2s1. The maximum atomic E-state index is 15.0. The van der Waals surface area contributed by atoms with Crippen molar-refractivity contribution in [1.29, 1.82) is 0 Å². The fourth-order valence-electron chi connectivity index (χ4n) is 10.7. The number of carbonyl (C=O) groups is 1. The van der Waals surface area contributed by atoms with Gasteiger partial charge in [0, 0.05) is 44.6 Å². The standard InChI is InChI=1S/C37H39ClFNO3S2/c1-33-13-10-22(41)19-35(33)16-17-37(24(20-35)28(42)18-23-25(38)6-5-7-26(23)39)30(33)11-14-34(2)31(37)12-15-36(34,43)21-44-32-40-27-8-3-4-9-29(27)45-32/h3-9,16-17,20,22,30-31,41,43H,10-15,18-19,21H2,1-2H3. The Balaban J connectivity index is 1.19. The number of Topliss-reactive ketones (excluding diaryl/α,β-unsaturated/α-hetero) is 1. The molecule has 2 aromatic carbocycles. The van der Waals surface area contributed by atoms with Crippen LogP contribution in [0, 0.1) is 39.3 Å². The van der Waals surface area contributed by atoms with Gasteiger partial charge in [-0.15, -0.1) is 11.3 Å². The Kier molecular flexibility index (Phi) is 6.89. The van der Waals surface area contributed by atoms with Gasteiger partial charge < -0.3 is 10.2 Å². The summed E-state index contributed by atoms with van der Waals surface area (Å²) in [7, 11) is 0. The topological polar surface area (TPSA) is 70.4 Å². The molecule has 8 unspecified atom stereocenters. The number of para-hydroxylation sites is 1. The number of aliphatic hydroxyl groups excluding tert-OH is 1. The Hall–Kier alpha value is -2.03. The number of hydrogen-bond donors (Lipinski definition) is 2. The van der Waals surface area contributed by atoms with E-state index in [-0.39, 0.29) is 40.0 Å². The van der Waals surface area contributed by atoms with Gasteiger partial charge >= 0.3 is 0 Å². The van der Waals surface area contributed by atoms with E-state index in [0.717, 1.165) is 52.2 Å². The zero-order valence-corrected chi connectivity index (χ0v) is 28.1. The van der Waals surface area contributed by atoms with Crippen LogP contribution in [0.4, 0.5) is 4.39 Å². The number of thioether (sulfide) groups is 1. The number of thiazole rings is 1. The fraction of sp³-hybridized carbons (Fsp3) is 0.514. The molecule has 8 heteroatoms. The van der Waals surface area contributed by atoms with Crippen LogP contribution in [0.1, 0.15) is 64.4 Å². The molecule has 3 fully saturated rings. The smallest absolute Gasteiger partial charge is 0.164 e. The second-order valence-corrected chi connectivity index (χ2v) is 17.5. The van der Waals surface area contributed by atoms with Gasteiger partial charge in [-0.05, 0) is 86.5 Å². The van der Waals surface area contributed by atoms with Gasteiger partial charge in [-0.1, -0.05) is 73.6 Å². The van der Waals surface area contributed by atoms with Crippen LogP contribution in [-0.2, 0) is 11.2 Å². The van der Waals surface area contributed by atoms with Gasteiger partial charge in [0.15, 0.2) is 10.1 Å². The number of halogens is 2. The first-order chi connectivity index (χ1) is 21.4. The molecule has 236 valence electrons. The molecule has 0 radical (unpaired) electrons. The monoisotopic (exact) mass is 663 g/mol. The molecule has 1 aromatic heterocycles. The average molecular weight is 664 g/mol. The Morgan fingerprint density at radius 3 is 2.60 bits per heavy atom. The van der Waals surface area contributed by atoms with Gasteiger partial charge in [0.2, 0.25) is 0 Å². The summed E-state index contributed by atoms with van der Waals surface area (Å²) >= 11 is 9.75. The Morgan fingerprint density at radius 2 is 1.80 bits per heavy atom. The van der Waals surface area contributed by atoms with Gasteiger partial charge in [0.25, 0.3) is 0 Å². The molecule has 4 nitrogen and oxygen atoms in total. The number of fused-ring (bicyclic) bond motifs is 2. The number of aliphatic hydroxyl groups is 2. The molecule has 0 aliphatic heterocycles. The summed E-state index contributed by atoms with van der Waals surface area (Å²) in [5.41, 5.74) is -0.475. The van der Waals surface area contributed by atoms with E-state index < -0.39 is 33.8 Å². The van der Waals surface area contributed by atoms with E-state index in [9.17, 15) is 15.0 Å². The first-order valence-corrected chi connectivity index (χ1v) is 18.4. The molecule has 9 rings (SSSR count). The lowest BCUT2D eigenvalue weighted by Gasteiger charge is -2.71. The van der Waals surface area contributed by atoms with E-state index in [2.05, 4.69) is 38.1 Å². The zero-order valence-electron chi connectivity index (χ0n) is 25.7. The highest BCUT2D eigenvalue weighted by Gasteiger charge is 2.74. The molecule has 6 aliphatic carbocycles. The van der Waals surface area contributed by atoms with Crippen LogP contribution in [0.2, 0.25) is 5.02 Å². The summed E-state index contributed by atoms with van der Waals surface area (Å²) in [6, 6.07) is 12.7. The van der Waals surface area contributed by atoms with E-state index in [0.29, 0.717) is 18.6 Å². The Morgan fingerprint density at radius 1 is 1.04 bits per heavy atom. The summed E-state index contributed by atoms with van der Waals surface area (Å²) in [5, 5.41) is 23.8. The molecule has 0 saturated heterocycles. The zero-order chi connectivity index (χ0) is 31.4. The molecule has 3 saturated carbocycles. The summed E-state index contributed by atoms with van der Waals surface area (Å²) in [4.78, 5) is 19.4. The van der Waals surface area contributed by atoms with Crippen LogP contribution in [0.5, 0.6) is 0 Å². The minimum atomic E-state index is -0.924. The molecule has 0 amide bonds. The van der Waals surface area contributed by atoms with Crippen LogP contribution < -0.4 is 0 Å². The maximum Gasteiger partial charge on any atom is 0.164 e. The van der Waals surface area contributed by atoms with Crippen LogP contribution in [0.15, 0.2) is 70.6 Å². The van der Waals surface area contributed by atoms with Gasteiger partial charge in [-0.2, -0.15) is 0 Å². The van der Waals surface area contributed by atoms with Crippen LogP contribution in [0.3, 0.4) is 0 Å². The van der Waals surface area contributed by atoms with Crippen molar-refractivity contribution in [3.05, 3.63) is 82.7 Å². The number of ketones is 1. The first-order valence-electron chi connectivity index (χ1n) is 16.2. The minimum absolute atomic E-state index is 0.0502. The molecular weight excluding hydrogens is 625 g/mol. The predicted octanol–water partition coefficient (Wildman–Crippen LogP) is 8.58. The van der Waals surface area contributed by atoms with E-state index in [1.165, 1.54) is 6.07 Å². The third kappa shape index (κ3) is 4.09. The van der Waals surface area contributed by atoms with Gasteiger partial charge in [-0.3, -0.25) is 4.79 Å². The summed E-state index contributed by atoms with van der Waals surface area (Å²) in [6.07, 6.45) is 11.8. The molecule has 3 aromatic rings. The lowest BCUT2D eigenvalue weighted by molar-refractivity contribution is -0.170. The van der Waals surface area contributed by atoms with Gasteiger partial charge in [0.05, 0.1) is 21.9 Å². The number of benzene rings is 2. The highest BCUT2D eigenvalue weighted by molar-refractivity contribution is 8.01. The number of carbonyl (C=O) groups excluding carboxylic acids is 1. The second-order valence-electron chi connectivity index (χ2n) is 14.8. The normalized spacial score (nSPS) is 39.8. The van der Waals surface area contributed by atoms with E-state index in [1.807, 2.05) is 18.2 Å². The Bertz CT molecular complexity index is 1740. The number of rotatable bonds is 6. The molecule has 6 aliphatic rings. The van der Waals surface area contributed by atoms with Crippen molar-refractivity contribution >= 4 is 50.7 Å². The highest BCUT2D eigenvalue weighted by atomic mass is 35.5. The molecular formula is C37H39ClFNO3S2. The van der Waals surface area contributed by atoms with Crippen molar-refractivity contribution in [3.8, 4) is 0 Å². The third-order valence-electron chi connectivity index (χ3n) is 13.1. The molecule has 1 heterocycles. The lowest BCUT2D eigenvalue weighted by atomic mass is 9.32. The van der Waals surface area contributed by atoms with Crippen LogP contribution >= 0.6 is 34.7 Å². The predicted molar refractivity (Wildman–Crippen MR) is 179 cm³/mol. The number of allylic oxidation sites excluding steroid dienone is 4. The molecule has 45 heavy (non-hydrogen) atoms. The summed E-state index contributed by atoms with van der Waals surface area (Å²) in [5.74, 6) is 0.236. The maximum absolute atomic E-state index is 15.0. The van der Waals surface area contributed by atoms with E-state index in [1.54, 1.807) is 35.2 Å². The quantitative estimate of drug-likeness (QED) is 0.204. The van der Waals surface area contributed by atoms with Crippen LogP contribution in [-0.4, -0.2) is 38.4 Å². The second kappa shape index (κ2) is 10.2.